The van der Waals surface area contributed by atoms with Crippen LogP contribution in [0.5, 0.6) is 0 Å². The number of amides is 2. The molecule has 0 unspecified atom stereocenters. The van der Waals surface area contributed by atoms with E-state index in [0.29, 0.717) is 38.6 Å². The average Bonchev–Trinajstić information content (AvgIpc) is 2.78. The van der Waals surface area contributed by atoms with Crippen LogP contribution in [0.3, 0.4) is 0 Å². The maximum absolute atomic E-state index is 13.0. The Morgan fingerprint density at radius 1 is 1.00 bits per heavy atom. The summed E-state index contributed by atoms with van der Waals surface area (Å²) in [5, 5.41) is 8.84. The van der Waals surface area contributed by atoms with Gasteiger partial charge in [0.2, 0.25) is 11.8 Å². The highest BCUT2D eigenvalue weighted by molar-refractivity contribution is 5.86. The van der Waals surface area contributed by atoms with E-state index in [2.05, 4.69) is 60.1 Å². The Balaban J connectivity index is 1.31. The number of hydrogen-bond acceptors (Lipinski definition) is 5. The Kier molecular flexibility index (Phi) is 7.26. The van der Waals surface area contributed by atoms with E-state index >= 15 is 0 Å². The molecule has 1 aromatic heterocycles. The SMILES string of the molecule is Cc1ccc(-c2ccc(N3CCN(C(=O)CN(CC(C)C)C(=O)C4CCC4)CC3)nn2)cc1. The van der Waals surface area contributed by atoms with Crippen molar-refractivity contribution in [2.45, 2.75) is 40.0 Å². The van der Waals surface area contributed by atoms with Crippen molar-refractivity contribution in [3.8, 4) is 11.3 Å². The molecule has 2 fully saturated rings. The third-order valence-corrected chi connectivity index (χ3v) is 6.63. The molecular formula is C26H35N5O2. The van der Waals surface area contributed by atoms with Crippen molar-refractivity contribution >= 4 is 17.6 Å². The molecule has 1 saturated carbocycles. The van der Waals surface area contributed by atoms with Crippen molar-refractivity contribution < 1.29 is 9.59 Å². The molecular weight excluding hydrogens is 414 g/mol. The molecule has 7 nitrogen and oxygen atoms in total. The maximum Gasteiger partial charge on any atom is 0.242 e. The molecule has 1 aliphatic carbocycles. The van der Waals surface area contributed by atoms with E-state index in [9.17, 15) is 9.59 Å². The minimum atomic E-state index is 0.0452. The Hall–Kier alpha value is -2.96. The number of piperazine rings is 1. The smallest absolute Gasteiger partial charge is 0.242 e. The lowest BCUT2D eigenvalue weighted by atomic mass is 9.84. The van der Waals surface area contributed by atoms with Gasteiger partial charge < -0.3 is 14.7 Å². The largest absolute Gasteiger partial charge is 0.352 e. The fraction of sp³-hybridized carbons (Fsp3) is 0.538. The van der Waals surface area contributed by atoms with E-state index in [1.807, 2.05) is 17.0 Å². The number of aryl methyl sites for hydroxylation is 1. The van der Waals surface area contributed by atoms with Gasteiger partial charge in [-0.3, -0.25) is 9.59 Å². The summed E-state index contributed by atoms with van der Waals surface area (Å²) < 4.78 is 0. The molecule has 0 atom stereocenters. The molecule has 2 heterocycles. The lowest BCUT2D eigenvalue weighted by Crippen LogP contribution is -2.53. The minimum Gasteiger partial charge on any atom is -0.352 e. The highest BCUT2D eigenvalue weighted by Crippen LogP contribution is 2.28. The van der Waals surface area contributed by atoms with Crippen molar-refractivity contribution in [2.24, 2.45) is 11.8 Å². The van der Waals surface area contributed by atoms with Gasteiger partial charge in [0.15, 0.2) is 5.82 Å². The second kappa shape index (κ2) is 10.3. The van der Waals surface area contributed by atoms with Crippen LogP contribution in [0.1, 0.15) is 38.7 Å². The first-order valence-electron chi connectivity index (χ1n) is 12.1. The normalized spacial score (nSPS) is 16.6. The molecule has 0 spiro atoms. The van der Waals surface area contributed by atoms with Crippen LogP contribution in [-0.4, -0.2) is 71.1 Å². The number of nitrogens with zero attached hydrogens (tertiary/aromatic N) is 5. The van der Waals surface area contributed by atoms with Crippen LogP contribution in [-0.2, 0) is 9.59 Å². The quantitative estimate of drug-likeness (QED) is 0.648. The van der Waals surface area contributed by atoms with Crippen LogP contribution in [0.25, 0.3) is 11.3 Å². The molecule has 176 valence electrons. The van der Waals surface area contributed by atoms with E-state index in [1.54, 1.807) is 4.90 Å². The number of carbonyl (C=O) groups is 2. The minimum absolute atomic E-state index is 0.0452. The lowest BCUT2D eigenvalue weighted by Gasteiger charge is -2.37. The van der Waals surface area contributed by atoms with E-state index in [-0.39, 0.29) is 24.3 Å². The second-order valence-corrected chi connectivity index (χ2v) is 9.75. The first-order chi connectivity index (χ1) is 15.9. The molecule has 2 aliphatic rings. The Morgan fingerprint density at radius 3 is 2.24 bits per heavy atom. The number of carbonyl (C=O) groups excluding carboxylic acids is 2. The van der Waals surface area contributed by atoms with Crippen molar-refractivity contribution in [2.75, 3.05) is 44.2 Å². The van der Waals surface area contributed by atoms with Gasteiger partial charge in [-0.15, -0.1) is 10.2 Å². The van der Waals surface area contributed by atoms with Gasteiger partial charge in [0, 0.05) is 44.2 Å². The van der Waals surface area contributed by atoms with Crippen LogP contribution >= 0.6 is 0 Å². The highest BCUT2D eigenvalue weighted by Gasteiger charge is 2.32. The van der Waals surface area contributed by atoms with E-state index in [1.165, 1.54) is 5.56 Å². The highest BCUT2D eigenvalue weighted by atomic mass is 16.2. The number of benzene rings is 1. The fourth-order valence-electron chi connectivity index (χ4n) is 4.41. The number of hydrogen-bond donors (Lipinski definition) is 0. The van der Waals surface area contributed by atoms with Gasteiger partial charge in [0.1, 0.15) is 0 Å². The number of aromatic nitrogens is 2. The summed E-state index contributed by atoms with van der Waals surface area (Å²) in [5.74, 6) is 1.50. The van der Waals surface area contributed by atoms with Crippen molar-refractivity contribution in [3.63, 3.8) is 0 Å². The first-order valence-corrected chi connectivity index (χ1v) is 12.1. The fourth-order valence-corrected chi connectivity index (χ4v) is 4.41. The van der Waals surface area contributed by atoms with E-state index in [4.69, 9.17) is 0 Å². The molecule has 33 heavy (non-hydrogen) atoms. The van der Waals surface area contributed by atoms with Crippen LogP contribution in [0.2, 0.25) is 0 Å². The zero-order chi connectivity index (χ0) is 23.4. The van der Waals surface area contributed by atoms with Crippen molar-refractivity contribution in [3.05, 3.63) is 42.0 Å². The van der Waals surface area contributed by atoms with Gasteiger partial charge in [0.25, 0.3) is 0 Å². The molecule has 1 saturated heterocycles. The Bertz CT molecular complexity index is 946. The summed E-state index contributed by atoms with van der Waals surface area (Å²) in [6.07, 6.45) is 3.05. The summed E-state index contributed by atoms with van der Waals surface area (Å²) >= 11 is 0. The average molecular weight is 450 g/mol. The molecule has 0 radical (unpaired) electrons. The number of rotatable bonds is 7. The second-order valence-electron chi connectivity index (χ2n) is 9.75. The zero-order valence-electron chi connectivity index (χ0n) is 20.0. The van der Waals surface area contributed by atoms with Gasteiger partial charge in [-0.1, -0.05) is 50.1 Å². The standard InChI is InChI=1S/C26H35N5O2/c1-19(2)17-31(26(33)22-5-4-6-22)18-25(32)30-15-13-29(14-16-30)24-12-11-23(27-28-24)21-9-7-20(3)8-10-21/h7-12,19,22H,4-6,13-18H2,1-3H3. The monoisotopic (exact) mass is 449 g/mol. The van der Waals surface area contributed by atoms with Crippen molar-refractivity contribution in [1.82, 2.24) is 20.0 Å². The molecule has 1 aromatic carbocycles. The van der Waals surface area contributed by atoms with Gasteiger partial charge in [-0.05, 0) is 37.8 Å². The lowest BCUT2D eigenvalue weighted by molar-refractivity contribution is -0.145. The molecule has 0 N–H and O–H groups in total. The number of anilines is 1. The summed E-state index contributed by atoms with van der Waals surface area (Å²) in [7, 11) is 0. The van der Waals surface area contributed by atoms with E-state index < -0.39 is 0 Å². The molecule has 7 heteroatoms. The van der Waals surface area contributed by atoms with Gasteiger partial charge in [-0.2, -0.15) is 0 Å². The Morgan fingerprint density at radius 2 is 1.70 bits per heavy atom. The van der Waals surface area contributed by atoms with Gasteiger partial charge in [0.05, 0.1) is 12.2 Å². The maximum atomic E-state index is 13.0. The third kappa shape index (κ3) is 5.70. The molecule has 2 aromatic rings. The molecule has 0 bridgehead atoms. The van der Waals surface area contributed by atoms with Crippen molar-refractivity contribution in [1.29, 1.82) is 0 Å². The summed E-state index contributed by atoms with van der Waals surface area (Å²) in [6, 6.07) is 12.3. The Labute approximate surface area is 196 Å². The predicted octanol–water partition coefficient (Wildman–Crippen LogP) is 3.39. The first kappa shape index (κ1) is 23.2. The third-order valence-electron chi connectivity index (χ3n) is 6.63. The van der Waals surface area contributed by atoms with Gasteiger partial charge in [-0.25, -0.2) is 0 Å². The molecule has 4 rings (SSSR count). The zero-order valence-corrected chi connectivity index (χ0v) is 20.0. The van der Waals surface area contributed by atoms with E-state index in [0.717, 1.165) is 36.3 Å². The summed E-state index contributed by atoms with van der Waals surface area (Å²) in [4.78, 5) is 31.6. The van der Waals surface area contributed by atoms with Crippen LogP contribution in [0, 0.1) is 18.8 Å². The molecule has 2 amide bonds. The van der Waals surface area contributed by atoms with Crippen LogP contribution in [0.15, 0.2) is 36.4 Å². The topological polar surface area (TPSA) is 69.6 Å². The van der Waals surface area contributed by atoms with Crippen LogP contribution in [0.4, 0.5) is 5.82 Å². The summed E-state index contributed by atoms with van der Waals surface area (Å²) in [6.45, 7) is 9.78. The summed E-state index contributed by atoms with van der Waals surface area (Å²) in [5.41, 5.74) is 3.13. The molecule has 1 aliphatic heterocycles. The van der Waals surface area contributed by atoms with Gasteiger partial charge >= 0.3 is 0 Å². The van der Waals surface area contributed by atoms with Crippen LogP contribution < -0.4 is 4.90 Å². The predicted molar refractivity (Wildman–Crippen MR) is 130 cm³/mol.